The number of benzene rings is 1. The van der Waals surface area contributed by atoms with Crippen LogP contribution in [0.15, 0.2) is 18.2 Å². The average Bonchev–Trinajstić information content (AvgIpc) is 3.41. The fourth-order valence-electron chi connectivity index (χ4n) is 5.54. The van der Waals surface area contributed by atoms with Gasteiger partial charge >= 0.3 is 0 Å². The highest BCUT2D eigenvalue weighted by Gasteiger charge is 2.43. The van der Waals surface area contributed by atoms with Gasteiger partial charge in [0.1, 0.15) is 0 Å². The minimum atomic E-state index is -0.341. The molecule has 1 amide bonds. The molecule has 2 atom stereocenters. The summed E-state index contributed by atoms with van der Waals surface area (Å²) in [5, 5.41) is 14.4. The molecule has 2 heterocycles. The number of amides is 1. The van der Waals surface area contributed by atoms with Crippen molar-refractivity contribution in [2.45, 2.75) is 57.0 Å². The lowest BCUT2D eigenvalue weighted by molar-refractivity contribution is -0.384. The monoisotopic (exact) mass is 398 g/mol. The summed E-state index contributed by atoms with van der Waals surface area (Å²) >= 11 is 0. The maximum Gasteiger partial charge on any atom is 0.269 e. The topological polar surface area (TPSA) is 78.7 Å². The first-order valence-corrected chi connectivity index (χ1v) is 11.2. The first-order chi connectivity index (χ1) is 14.1. The highest BCUT2D eigenvalue weighted by atomic mass is 16.6. The second-order valence-corrected chi connectivity index (χ2v) is 9.26. The van der Waals surface area contributed by atoms with Gasteiger partial charge in [0, 0.05) is 50.0 Å². The van der Waals surface area contributed by atoms with Crippen LogP contribution in [0.4, 0.5) is 11.4 Å². The van der Waals surface area contributed by atoms with E-state index in [1.54, 1.807) is 12.1 Å². The van der Waals surface area contributed by atoms with Crippen LogP contribution in [-0.4, -0.2) is 54.0 Å². The van der Waals surface area contributed by atoms with Gasteiger partial charge in [-0.1, -0.05) is 12.8 Å². The van der Waals surface area contributed by atoms with Crippen LogP contribution in [0.1, 0.15) is 44.1 Å². The van der Waals surface area contributed by atoms with E-state index in [0.717, 1.165) is 37.4 Å². The molecule has 2 saturated carbocycles. The Balaban J connectivity index is 1.42. The first-order valence-electron chi connectivity index (χ1n) is 11.2. The van der Waals surface area contributed by atoms with Gasteiger partial charge in [-0.3, -0.25) is 19.8 Å². The van der Waals surface area contributed by atoms with Crippen LogP contribution in [0, 0.1) is 22.0 Å². The minimum absolute atomic E-state index is 0.115. The molecule has 0 aromatic heterocycles. The summed E-state index contributed by atoms with van der Waals surface area (Å²) in [6, 6.07) is 5.98. The van der Waals surface area contributed by atoms with Crippen molar-refractivity contribution < 1.29 is 9.72 Å². The van der Waals surface area contributed by atoms with Gasteiger partial charge in [-0.2, -0.15) is 0 Å². The number of piperazine rings is 1. The van der Waals surface area contributed by atoms with Gasteiger partial charge < -0.3 is 10.2 Å². The zero-order chi connectivity index (χ0) is 20.0. The second-order valence-electron chi connectivity index (χ2n) is 9.26. The van der Waals surface area contributed by atoms with Crippen LogP contribution < -0.4 is 10.2 Å². The predicted molar refractivity (Wildman–Crippen MR) is 111 cm³/mol. The third-order valence-electron chi connectivity index (χ3n) is 7.38. The summed E-state index contributed by atoms with van der Waals surface area (Å²) in [5.74, 6) is 0.623. The van der Waals surface area contributed by atoms with E-state index < -0.39 is 0 Å². The van der Waals surface area contributed by atoms with Crippen LogP contribution in [0.5, 0.6) is 0 Å². The van der Waals surface area contributed by atoms with E-state index in [9.17, 15) is 14.9 Å². The Kier molecular flexibility index (Phi) is 4.94. The van der Waals surface area contributed by atoms with E-state index in [1.165, 1.54) is 38.5 Å². The van der Waals surface area contributed by atoms with E-state index in [1.807, 2.05) is 6.07 Å². The molecule has 7 heteroatoms. The fourth-order valence-corrected chi connectivity index (χ4v) is 5.54. The number of nitro benzene ring substituents is 1. The number of carbonyl (C=O) groups is 1. The van der Waals surface area contributed by atoms with Crippen LogP contribution in [0.3, 0.4) is 0 Å². The number of nitrogens with zero attached hydrogens (tertiary/aromatic N) is 3. The highest BCUT2D eigenvalue weighted by Crippen LogP contribution is 2.39. The van der Waals surface area contributed by atoms with E-state index in [0.29, 0.717) is 18.4 Å². The quantitative estimate of drug-likeness (QED) is 0.609. The van der Waals surface area contributed by atoms with Crippen LogP contribution in [0.2, 0.25) is 0 Å². The Labute approximate surface area is 171 Å². The van der Waals surface area contributed by atoms with Gasteiger partial charge in [0.2, 0.25) is 5.91 Å². The van der Waals surface area contributed by atoms with Crippen molar-refractivity contribution in [3.8, 4) is 0 Å². The number of anilines is 1. The van der Waals surface area contributed by atoms with Crippen LogP contribution in [0.25, 0.3) is 0 Å². The predicted octanol–water partition coefficient (Wildman–Crippen LogP) is 2.73. The summed E-state index contributed by atoms with van der Waals surface area (Å²) < 4.78 is 0. The van der Waals surface area contributed by atoms with Crippen LogP contribution >= 0.6 is 0 Å². The lowest BCUT2D eigenvalue weighted by atomic mass is 9.82. The molecular formula is C22H30N4O3. The molecule has 5 rings (SSSR count). The molecule has 1 aromatic rings. The molecular weight excluding hydrogens is 368 g/mol. The summed E-state index contributed by atoms with van der Waals surface area (Å²) in [6.07, 6.45) is 8.19. The average molecular weight is 399 g/mol. The van der Waals surface area contributed by atoms with Gasteiger partial charge in [-0.05, 0) is 49.7 Å². The highest BCUT2D eigenvalue weighted by molar-refractivity contribution is 5.82. The Morgan fingerprint density at radius 1 is 1.17 bits per heavy atom. The van der Waals surface area contributed by atoms with Crippen molar-refractivity contribution in [1.29, 1.82) is 0 Å². The summed E-state index contributed by atoms with van der Waals surface area (Å²) in [4.78, 5) is 29.0. The largest absolute Gasteiger partial charge is 0.365 e. The summed E-state index contributed by atoms with van der Waals surface area (Å²) in [5.41, 5.74) is 2.14. The molecule has 4 aliphatic rings. The maximum atomic E-state index is 13.2. The summed E-state index contributed by atoms with van der Waals surface area (Å²) in [6.45, 7) is 3.59. The number of hydrogen-bond acceptors (Lipinski definition) is 5. The number of carbonyl (C=O) groups excluding carboxylic acids is 1. The van der Waals surface area contributed by atoms with E-state index >= 15 is 0 Å². The number of non-ortho nitro benzene ring substituents is 1. The fraction of sp³-hybridized carbons (Fsp3) is 0.682. The summed E-state index contributed by atoms with van der Waals surface area (Å²) in [7, 11) is 0. The van der Waals surface area contributed by atoms with Crippen molar-refractivity contribution in [2.24, 2.45) is 11.8 Å². The molecule has 0 radical (unpaired) electrons. The molecule has 156 valence electrons. The zero-order valence-electron chi connectivity index (χ0n) is 16.9. The van der Waals surface area contributed by atoms with Crippen molar-refractivity contribution in [2.75, 3.05) is 31.1 Å². The molecule has 1 N–H and O–H groups in total. The number of nitrogens with one attached hydrogen (secondary N) is 1. The minimum Gasteiger partial charge on any atom is -0.365 e. The molecule has 2 unspecified atom stereocenters. The smallest absolute Gasteiger partial charge is 0.269 e. The molecule has 29 heavy (non-hydrogen) atoms. The van der Waals surface area contributed by atoms with Crippen molar-refractivity contribution >= 4 is 17.3 Å². The molecule has 0 spiro atoms. The third-order valence-corrected chi connectivity index (χ3v) is 7.38. The first kappa shape index (κ1) is 18.9. The molecule has 3 fully saturated rings. The lowest BCUT2D eigenvalue weighted by Crippen LogP contribution is -2.62. The molecule has 7 nitrogen and oxygen atoms in total. The van der Waals surface area contributed by atoms with Gasteiger partial charge in [0.05, 0.1) is 16.9 Å². The second kappa shape index (κ2) is 7.59. The molecule has 1 saturated heterocycles. The Hall–Kier alpha value is -2.15. The number of hydrogen-bond donors (Lipinski definition) is 1. The zero-order valence-corrected chi connectivity index (χ0v) is 16.9. The number of rotatable bonds is 5. The number of fused-ring (bicyclic) bond motifs is 3. The van der Waals surface area contributed by atoms with Crippen molar-refractivity contribution in [3.63, 3.8) is 0 Å². The van der Waals surface area contributed by atoms with E-state index in [-0.39, 0.29) is 28.5 Å². The molecule has 1 aromatic carbocycles. The maximum absolute atomic E-state index is 13.2. The van der Waals surface area contributed by atoms with Crippen molar-refractivity contribution in [1.82, 2.24) is 10.2 Å². The normalized spacial score (nSPS) is 27.4. The standard InChI is InChI=1S/C22H30N4O3/c27-22(23-13-15-5-6-15)19-12-16-11-18(26(28)29)7-8-20(16)25-10-9-24(14-21(19)25)17-3-1-2-4-17/h7-8,11,15,17,19,21H,1-6,9-10,12-14H2,(H,23,27). The van der Waals surface area contributed by atoms with Gasteiger partial charge in [-0.15, -0.1) is 0 Å². The Morgan fingerprint density at radius 2 is 1.97 bits per heavy atom. The molecule has 2 aliphatic carbocycles. The van der Waals surface area contributed by atoms with Crippen molar-refractivity contribution in [3.05, 3.63) is 33.9 Å². The van der Waals surface area contributed by atoms with E-state index in [2.05, 4.69) is 15.1 Å². The van der Waals surface area contributed by atoms with Gasteiger partial charge in [0.25, 0.3) is 5.69 Å². The SMILES string of the molecule is O=C(NCC1CC1)C1Cc2cc([N+](=O)[O-])ccc2N2CCN(C3CCCC3)CC12. The van der Waals surface area contributed by atoms with Crippen LogP contribution in [-0.2, 0) is 11.2 Å². The lowest BCUT2D eigenvalue weighted by Gasteiger charge is -2.50. The number of nitro groups is 1. The van der Waals surface area contributed by atoms with Gasteiger partial charge in [-0.25, -0.2) is 0 Å². The van der Waals surface area contributed by atoms with Gasteiger partial charge in [0.15, 0.2) is 0 Å². The van der Waals surface area contributed by atoms with E-state index in [4.69, 9.17) is 0 Å². The third kappa shape index (κ3) is 3.72. The Bertz CT molecular complexity index is 803. The molecule has 2 aliphatic heterocycles. The Morgan fingerprint density at radius 3 is 2.69 bits per heavy atom. The molecule has 0 bridgehead atoms.